The van der Waals surface area contributed by atoms with Gasteiger partial charge < -0.3 is 14.8 Å². The third kappa shape index (κ3) is 4.26. The van der Waals surface area contributed by atoms with E-state index in [1.807, 2.05) is 12.1 Å². The number of hydrogen-bond donors (Lipinski definition) is 1. The Balaban J connectivity index is 2.88. The van der Waals surface area contributed by atoms with E-state index in [0.717, 1.165) is 23.2 Å². The van der Waals surface area contributed by atoms with Crippen LogP contribution in [0.4, 0.5) is 0 Å². The smallest absolute Gasteiger partial charge is 0.122 e. The number of halogens is 1. The Morgan fingerprint density at radius 3 is 2.61 bits per heavy atom. The number of hydrogen-bond acceptors (Lipinski definition) is 3. The van der Waals surface area contributed by atoms with Crippen molar-refractivity contribution in [1.29, 1.82) is 0 Å². The summed E-state index contributed by atoms with van der Waals surface area (Å²) in [5.41, 5.74) is 1.18. The van der Waals surface area contributed by atoms with Crippen LogP contribution in [-0.2, 0) is 11.2 Å². The van der Waals surface area contributed by atoms with Gasteiger partial charge in [0.1, 0.15) is 5.75 Å². The lowest BCUT2D eigenvalue weighted by atomic mass is 10.0. The van der Waals surface area contributed by atoms with Gasteiger partial charge in [0.15, 0.2) is 0 Å². The minimum Gasteiger partial charge on any atom is -0.496 e. The molecule has 102 valence electrons. The molecule has 0 saturated carbocycles. The third-order valence-corrected chi connectivity index (χ3v) is 3.58. The number of nitrogens with one attached hydrogen (secondary N) is 1. The predicted octanol–water partition coefficient (Wildman–Crippen LogP) is 3.01. The molecule has 1 N–H and O–H groups in total. The molecular weight excluding hydrogens is 294 g/mol. The molecule has 0 aromatic heterocycles. The SMILES string of the molecule is CCNC(Cc1cc(Br)ccc1OC)C(C)OC. The van der Waals surface area contributed by atoms with Crippen LogP contribution in [0.25, 0.3) is 0 Å². The van der Waals surface area contributed by atoms with Crippen molar-refractivity contribution < 1.29 is 9.47 Å². The molecular formula is C14H22BrNO2. The molecule has 3 nitrogen and oxygen atoms in total. The van der Waals surface area contributed by atoms with Gasteiger partial charge in [-0.1, -0.05) is 22.9 Å². The highest BCUT2D eigenvalue weighted by atomic mass is 79.9. The standard InChI is InChI=1S/C14H22BrNO2/c1-5-16-13(10(2)17-3)9-11-8-12(15)6-7-14(11)18-4/h6-8,10,13,16H,5,9H2,1-4H3. The Morgan fingerprint density at radius 2 is 2.06 bits per heavy atom. The summed E-state index contributed by atoms with van der Waals surface area (Å²) in [5.74, 6) is 0.921. The van der Waals surface area contributed by atoms with Gasteiger partial charge in [0.05, 0.1) is 13.2 Å². The van der Waals surface area contributed by atoms with Gasteiger partial charge >= 0.3 is 0 Å². The van der Waals surface area contributed by atoms with Crippen molar-refractivity contribution >= 4 is 15.9 Å². The van der Waals surface area contributed by atoms with Crippen molar-refractivity contribution in [3.63, 3.8) is 0 Å². The molecule has 1 aromatic carbocycles. The number of ether oxygens (including phenoxy) is 2. The molecule has 1 aromatic rings. The Hall–Kier alpha value is -0.580. The molecule has 4 heteroatoms. The van der Waals surface area contributed by atoms with Crippen molar-refractivity contribution in [2.45, 2.75) is 32.4 Å². The summed E-state index contributed by atoms with van der Waals surface area (Å²) in [6.45, 7) is 5.11. The van der Waals surface area contributed by atoms with Crippen molar-refractivity contribution in [3.05, 3.63) is 28.2 Å². The first-order valence-corrected chi connectivity index (χ1v) is 7.00. The zero-order valence-electron chi connectivity index (χ0n) is 11.5. The molecule has 0 saturated heterocycles. The van der Waals surface area contributed by atoms with Gasteiger partial charge in [-0.15, -0.1) is 0 Å². The average molecular weight is 316 g/mol. The molecule has 0 spiro atoms. The van der Waals surface area contributed by atoms with Crippen LogP contribution in [0.2, 0.25) is 0 Å². The monoisotopic (exact) mass is 315 g/mol. The van der Waals surface area contributed by atoms with Crippen LogP contribution in [0, 0.1) is 0 Å². The van der Waals surface area contributed by atoms with Crippen LogP contribution >= 0.6 is 15.9 Å². The summed E-state index contributed by atoms with van der Waals surface area (Å²) in [4.78, 5) is 0. The molecule has 0 aliphatic carbocycles. The molecule has 2 unspecified atom stereocenters. The maximum Gasteiger partial charge on any atom is 0.122 e. The van der Waals surface area contributed by atoms with Gasteiger partial charge in [0.2, 0.25) is 0 Å². The second-order valence-corrected chi connectivity index (χ2v) is 5.18. The summed E-state index contributed by atoms with van der Waals surface area (Å²) in [5, 5.41) is 3.46. The number of methoxy groups -OCH3 is 2. The van der Waals surface area contributed by atoms with Gasteiger partial charge in [-0.3, -0.25) is 0 Å². The summed E-state index contributed by atoms with van der Waals surface area (Å²) >= 11 is 3.50. The van der Waals surface area contributed by atoms with E-state index in [0.29, 0.717) is 0 Å². The van der Waals surface area contributed by atoms with E-state index in [9.17, 15) is 0 Å². The topological polar surface area (TPSA) is 30.5 Å². The Labute approximate surface area is 118 Å². The fourth-order valence-corrected chi connectivity index (χ4v) is 2.38. The van der Waals surface area contributed by atoms with Crippen LogP contribution in [0.1, 0.15) is 19.4 Å². The van der Waals surface area contributed by atoms with Gasteiger partial charge in [-0.25, -0.2) is 0 Å². The molecule has 0 heterocycles. The molecule has 0 bridgehead atoms. The van der Waals surface area contributed by atoms with Crippen molar-refractivity contribution in [3.8, 4) is 5.75 Å². The Kier molecular flexibility index (Phi) is 6.68. The van der Waals surface area contributed by atoms with E-state index in [1.54, 1.807) is 14.2 Å². The van der Waals surface area contributed by atoms with Crippen LogP contribution in [0.5, 0.6) is 5.75 Å². The van der Waals surface area contributed by atoms with Gasteiger partial charge in [0.25, 0.3) is 0 Å². The van der Waals surface area contributed by atoms with Crippen LogP contribution < -0.4 is 10.1 Å². The lowest BCUT2D eigenvalue weighted by Gasteiger charge is -2.24. The van der Waals surface area contributed by atoms with E-state index in [1.165, 1.54) is 5.56 Å². The molecule has 2 atom stereocenters. The zero-order valence-corrected chi connectivity index (χ0v) is 13.1. The van der Waals surface area contributed by atoms with Crippen LogP contribution in [0.15, 0.2) is 22.7 Å². The number of rotatable bonds is 7. The number of benzene rings is 1. The van der Waals surface area contributed by atoms with Crippen LogP contribution in [-0.4, -0.2) is 32.9 Å². The molecule has 0 aliphatic heterocycles. The summed E-state index contributed by atoms with van der Waals surface area (Å²) in [7, 11) is 3.45. The zero-order chi connectivity index (χ0) is 13.5. The first kappa shape index (κ1) is 15.5. The average Bonchev–Trinajstić information content (AvgIpc) is 2.37. The maximum atomic E-state index is 5.43. The van der Waals surface area contributed by atoms with E-state index in [2.05, 4.69) is 41.2 Å². The van der Waals surface area contributed by atoms with E-state index in [4.69, 9.17) is 9.47 Å². The Morgan fingerprint density at radius 1 is 1.33 bits per heavy atom. The van der Waals surface area contributed by atoms with E-state index >= 15 is 0 Å². The first-order valence-electron chi connectivity index (χ1n) is 6.21. The molecule has 0 aliphatic rings. The maximum absolute atomic E-state index is 5.43. The minimum absolute atomic E-state index is 0.161. The molecule has 0 radical (unpaired) electrons. The first-order chi connectivity index (χ1) is 8.62. The van der Waals surface area contributed by atoms with Crippen LogP contribution in [0.3, 0.4) is 0 Å². The van der Waals surface area contributed by atoms with Crippen molar-refractivity contribution in [2.75, 3.05) is 20.8 Å². The fraction of sp³-hybridized carbons (Fsp3) is 0.571. The predicted molar refractivity (Wildman–Crippen MR) is 78.3 cm³/mol. The molecule has 0 amide bonds. The molecule has 0 fully saturated rings. The normalized spacial score (nSPS) is 14.3. The summed E-state index contributed by atoms with van der Waals surface area (Å²) < 4.78 is 11.9. The molecule has 18 heavy (non-hydrogen) atoms. The Bertz CT molecular complexity index is 371. The lowest BCUT2D eigenvalue weighted by Crippen LogP contribution is -2.41. The minimum atomic E-state index is 0.161. The van der Waals surface area contributed by atoms with Gasteiger partial charge in [-0.05, 0) is 43.7 Å². The highest BCUT2D eigenvalue weighted by Gasteiger charge is 2.18. The second-order valence-electron chi connectivity index (χ2n) is 4.27. The highest BCUT2D eigenvalue weighted by molar-refractivity contribution is 9.10. The van der Waals surface area contributed by atoms with Gasteiger partial charge in [0, 0.05) is 17.6 Å². The van der Waals surface area contributed by atoms with E-state index in [-0.39, 0.29) is 12.1 Å². The quantitative estimate of drug-likeness (QED) is 0.839. The fourth-order valence-electron chi connectivity index (χ4n) is 1.97. The summed E-state index contributed by atoms with van der Waals surface area (Å²) in [6.07, 6.45) is 1.04. The van der Waals surface area contributed by atoms with E-state index < -0.39 is 0 Å². The third-order valence-electron chi connectivity index (χ3n) is 3.09. The van der Waals surface area contributed by atoms with Crippen molar-refractivity contribution in [1.82, 2.24) is 5.32 Å². The second kappa shape index (κ2) is 7.77. The van der Waals surface area contributed by atoms with Crippen molar-refractivity contribution in [2.24, 2.45) is 0 Å². The lowest BCUT2D eigenvalue weighted by molar-refractivity contribution is 0.0834. The highest BCUT2D eigenvalue weighted by Crippen LogP contribution is 2.24. The van der Waals surface area contributed by atoms with Gasteiger partial charge in [-0.2, -0.15) is 0 Å². The summed E-state index contributed by atoms with van der Waals surface area (Å²) in [6, 6.07) is 6.36. The largest absolute Gasteiger partial charge is 0.496 e. The molecule has 1 rings (SSSR count). The number of likely N-dealkylation sites (N-methyl/N-ethyl adjacent to an activating group) is 1.